The number of carbonyl (C=O) groups excluding carboxylic acids is 1. The van der Waals surface area contributed by atoms with Crippen molar-refractivity contribution in [2.24, 2.45) is 5.92 Å². The van der Waals surface area contributed by atoms with Gasteiger partial charge in [0.05, 0.1) is 5.56 Å². The number of halogens is 3. The summed E-state index contributed by atoms with van der Waals surface area (Å²) in [7, 11) is 0. The molecule has 0 aromatic heterocycles. The summed E-state index contributed by atoms with van der Waals surface area (Å²) in [4.78, 5) is 11.9. The highest BCUT2D eigenvalue weighted by molar-refractivity contribution is 5.95. The molecular weight excluding hydrogens is 273 g/mol. The Bertz CT molecular complexity index is 531. The van der Waals surface area contributed by atoms with Gasteiger partial charge in [0, 0.05) is 6.04 Å². The molecule has 1 fully saturated rings. The lowest BCUT2D eigenvalue weighted by Crippen LogP contribution is -2.39. The first-order valence-corrected chi connectivity index (χ1v) is 6.29. The number of benzene rings is 1. The van der Waals surface area contributed by atoms with Gasteiger partial charge in [0.1, 0.15) is 0 Å². The summed E-state index contributed by atoms with van der Waals surface area (Å²) in [6.07, 6.45) is 0.868. The quantitative estimate of drug-likeness (QED) is 0.739. The highest BCUT2D eigenvalue weighted by atomic mass is 19.2. The molecule has 0 bridgehead atoms. The van der Waals surface area contributed by atoms with Crippen molar-refractivity contribution in [1.82, 2.24) is 10.6 Å². The Kier molecular flexibility index (Phi) is 4.17. The number of amides is 1. The predicted octanol–water partition coefficient (Wildman–Crippen LogP) is 1.54. The Balaban J connectivity index is 2.17. The summed E-state index contributed by atoms with van der Waals surface area (Å²) >= 11 is 0. The SMILES string of the molecule is CC(NC(=O)c1cc(F)c(F)c(O)c1F)C1CCNC1. The summed E-state index contributed by atoms with van der Waals surface area (Å²) in [5, 5.41) is 14.7. The molecule has 3 N–H and O–H groups in total. The number of hydrogen-bond donors (Lipinski definition) is 3. The van der Waals surface area contributed by atoms with E-state index >= 15 is 0 Å². The van der Waals surface area contributed by atoms with Crippen LogP contribution in [0.1, 0.15) is 23.7 Å². The molecule has 0 saturated carbocycles. The van der Waals surface area contributed by atoms with Crippen molar-refractivity contribution < 1.29 is 23.1 Å². The largest absolute Gasteiger partial charge is 0.503 e. The molecule has 1 aliphatic rings. The first-order valence-electron chi connectivity index (χ1n) is 6.29. The summed E-state index contributed by atoms with van der Waals surface area (Å²) < 4.78 is 39.7. The molecule has 4 nitrogen and oxygen atoms in total. The van der Waals surface area contributed by atoms with Crippen LogP contribution in [0.25, 0.3) is 0 Å². The van der Waals surface area contributed by atoms with Gasteiger partial charge in [0.15, 0.2) is 17.4 Å². The summed E-state index contributed by atoms with van der Waals surface area (Å²) in [5.74, 6) is -6.79. The fourth-order valence-electron chi connectivity index (χ4n) is 2.26. The minimum absolute atomic E-state index is 0.195. The third-order valence-corrected chi connectivity index (χ3v) is 3.54. The van der Waals surface area contributed by atoms with E-state index in [0.29, 0.717) is 6.07 Å². The number of phenolic OH excluding ortho intramolecular Hbond substituents is 1. The predicted molar refractivity (Wildman–Crippen MR) is 65.9 cm³/mol. The molecule has 0 aliphatic carbocycles. The van der Waals surface area contributed by atoms with E-state index < -0.39 is 34.7 Å². The van der Waals surface area contributed by atoms with Crippen molar-refractivity contribution in [3.63, 3.8) is 0 Å². The van der Waals surface area contributed by atoms with Crippen LogP contribution in [0, 0.1) is 23.4 Å². The van der Waals surface area contributed by atoms with Crippen LogP contribution in [0.15, 0.2) is 6.07 Å². The number of hydrogen-bond acceptors (Lipinski definition) is 3. The van der Waals surface area contributed by atoms with Crippen LogP contribution in [-0.2, 0) is 0 Å². The summed E-state index contributed by atoms with van der Waals surface area (Å²) in [6.45, 7) is 3.32. The van der Waals surface area contributed by atoms with E-state index in [1.54, 1.807) is 6.92 Å². The van der Waals surface area contributed by atoms with Gasteiger partial charge < -0.3 is 15.7 Å². The first-order chi connectivity index (χ1) is 9.41. The van der Waals surface area contributed by atoms with E-state index in [0.717, 1.165) is 19.5 Å². The molecule has 1 aliphatic heterocycles. The second-order valence-corrected chi connectivity index (χ2v) is 4.90. The molecule has 110 valence electrons. The molecule has 1 amide bonds. The molecule has 1 aromatic rings. The van der Waals surface area contributed by atoms with E-state index in [-0.39, 0.29) is 12.0 Å². The highest BCUT2D eigenvalue weighted by Crippen LogP contribution is 2.26. The van der Waals surface area contributed by atoms with Gasteiger partial charge in [-0.2, -0.15) is 4.39 Å². The number of phenols is 1. The highest BCUT2D eigenvalue weighted by Gasteiger charge is 2.26. The summed E-state index contributed by atoms with van der Waals surface area (Å²) in [5.41, 5.74) is -0.709. The zero-order chi connectivity index (χ0) is 14.9. The standard InChI is InChI=1S/C13H15F3N2O2/c1-6(7-2-3-17-5-7)18-13(20)8-4-9(14)11(16)12(19)10(8)15/h4,6-7,17,19H,2-3,5H2,1H3,(H,18,20). The van der Waals surface area contributed by atoms with E-state index in [1.807, 2.05) is 0 Å². The van der Waals surface area contributed by atoms with Crippen LogP contribution in [0.5, 0.6) is 5.75 Å². The Morgan fingerprint density at radius 3 is 2.75 bits per heavy atom. The Labute approximate surface area is 114 Å². The molecule has 1 aromatic carbocycles. The lowest BCUT2D eigenvalue weighted by molar-refractivity contribution is 0.0923. The van der Waals surface area contributed by atoms with Crippen LogP contribution in [0.4, 0.5) is 13.2 Å². The normalized spacial score (nSPS) is 19.9. The van der Waals surface area contributed by atoms with Gasteiger partial charge in [0.25, 0.3) is 5.91 Å². The second kappa shape index (κ2) is 5.70. The maximum atomic E-state index is 13.6. The molecule has 20 heavy (non-hydrogen) atoms. The van der Waals surface area contributed by atoms with Gasteiger partial charge in [0.2, 0.25) is 5.82 Å². The second-order valence-electron chi connectivity index (χ2n) is 4.90. The van der Waals surface area contributed by atoms with E-state index in [1.165, 1.54) is 0 Å². The van der Waals surface area contributed by atoms with Crippen molar-refractivity contribution in [1.29, 1.82) is 0 Å². The Morgan fingerprint density at radius 2 is 2.15 bits per heavy atom. The van der Waals surface area contributed by atoms with Crippen LogP contribution in [0.2, 0.25) is 0 Å². The monoisotopic (exact) mass is 288 g/mol. The molecule has 2 unspecified atom stereocenters. The minimum atomic E-state index is -1.70. The third-order valence-electron chi connectivity index (χ3n) is 3.54. The van der Waals surface area contributed by atoms with Crippen LogP contribution in [-0.4, -0.2) is 30.1 Å². The molecule has 0 radical (unpaired) electrons. The van der Waals surface area contributed by atoms with E-state index in [2.05, 4.69) is 10.6 Å². The number of carbonyl (C=O) groups is 1. The van der Waals surface area contributed by atoms with Crippen molar-refractivity contribution in [2.75, 3.05) is 13.1 Å². The van der Waals surface area contributed by atoms with Crippen LogP contribution < -0.4 is 10.6 Å². The number of rotatable bonds is 3. The van der Waals surface area contributed by atoms with Gasteiger partial charge in [-0.15, -0.1) is 0 Å². The fraction of sp³-hybridized carbons (Fsp3) is 0.462. The first kappa shape index (κ1) is 14.6. The lowest BCUT2D eigenvalue weighted by Gasteiger charge is -2.20. The van der Waals surface area contributed by atoms with Crippen molar-refractivity contribution >= 4 is 5.91 Å². The summed E-state index contributed by atoms with van der Waals surface area (Å²) in [6, 6.07) is 0.200. The molecular formula is C13H15F3N2O2. The molecule has 7 heteroatoms. The smallest absolute Gasteiger partial charge is 0.254 e. The topological polar surface area (TPSA) is 61.4 Å². The molecule has 1 heterocycles. The van der Waals surface area contributed by atoms with Gasteiger partial charge in [-0.05, 0) is 38.4 Å². The van der Waals surface area contributed by atoms with Gasteiger partial charge in [-0.3, -0.25) is 4.79 Å². The molecule has 2 rings (SSSR count). The molecule has 2 atom stereocenters. The van der Waals surface area contributed by atoms with Crippen LogP contribution in [0.3, 0.4) is 0 Å². The zero-order valence-electron chi connectivity index (χ0n) is 10.8. The van der Waals surface area contributed by atoms with Gasteiger partial charge >= 0.3 is 0 Å². The number of nitrogens with one attached hydrogen (secondary N) is 2. The molecule has 0 spiro atoms. The van der Waals surface area contributed by atoms with Crippen molar-refractivity contribution in [3.05, 3.63) is 29.1 Å². The maximum Gasteiger partial charge on any atom is 0.254 e. The van der Waals surface area contributed by atoms with Gasteiger partial charge in [-0.1, -0.05) is 0 Å². The van der Waals surface area contributed by atoms with E-state index in [4.69, 9.17) is 5.11 Å². The van der Waals surface area contributed by atoms with E-state index in [9.17, 15) is 18.0 Å². The van der Waals surface area contributed by atoms with Crippen LogP contribution >= 0.6 is 0 Å². The average molecular weight is 288 g/mol. The Hall–Kier alpha value is -1.76. The third kappa shape index (κ3) is 2.72. The average Bonchev–Trinajstić information content (AvgIpc) is 2.94. The maximum absolute atomic E-state index is 13.6. The fourth-order valence-corrected chi connectivity index (χ4v) is 2.26. The number of aromatic hydroxyl groups is 1. The lowest BCUT2D eigenvalue weighted by atomic mass is 10.00. The van der Waals surface area contributed by atoms with Gasteiger partial charge in [-0.25, -0.2) is 8.78 Å². The zero-order valence-corrected chi connectivity index (χ0v) is 10.8. The minimum Gasteiger partial charge on any atom is -0.503 e. The molecule has 1 saturated heterocycles. The Morgan fingerprint density at radius 1 is 1.45 bits per heavy atom. The van der Waals surface area contributed by atoms with Crippen molar-refractivity contribution in [2.45, 2.75) is 19.4 Å². The van der Waals surface area contributed by atoms with Crippen molar-refractivity contribution in [3.8, 4) is 5.75 Å².